The summed E-state index contributed by atoms with van der Waals surface area (Å²) in [5.41, 5.74) is 20.9. The summed E-state index contributed by atoms with van der Waals surface area (Å²) in [4.78, 5) is 2.43. The normalized spacial score (nSPS) is 14.2. The first-order valence-electron chi connectivity index (χ1n) is 23.5. The second kappa shape index (κ2) is 15.1. The Morgan fingerprint density at radius 3 is 1.87 bits per heavy atom. The monoisotopic (exact) mass is 865 g/mol. The Balaban J connectivity index is 1.07. The SMILES string of the molecule is c1ccc(Nc2cccc(-c3cccc4c3-c3ccccc3C43c4cccc(-c5ccccc5N(c5ccccc5)c5ccc6ccccc6c5)c4-n4c5ccccc5c5cccc3c54)c2)cc1. The third-order valence-corrected chi connectivity index (χ3v) is 14.5. The summed E-state index contributed by atoms with van der Waals surface area (Å²) in [6.07, 6.45) is 0. The lowest BCUT2D eigenvalue weighted by atomic mass is 9.64. The summed E-state index contributed by atoms with van der Waals surface area (Å²) in [5, 5.41) is 8.60. The third-order valence-electron chi connectivity index (χ3n) is 14.5. The molecule has 2 aliphatic rings. The van der Waals surface area contributed by atoms with Crippen molar-refractivity contribution in [3.8, 4) is 39.1 Å². The van der Waals surface area contributed by atoms with Gasteiger partial charge >= 0.3 is 0 Å². The van der Waals surface area contributed by atoms with Gasteiger partial charge in [-0.2, -0.15) is 0 Å². The van der Waals surface area contributed by atoms with Crippen molar-refractivity contribution in [1.82, 2.24) is 4.57 Å². The van der Waals surface area contributed by atoms with Crippen LogP contribution in [0.25, 0.3) is 71.6 Å². The molecule has 0 bridgehead atoms. The average Bonchev–Trinajstić information content (AvgIpc) is 3.90. The van der Waals surface area contributed by atoms with E-state index in [-0.39, 0.29) is 0 Å². The van der Waals surface area contributed by atoms with Gasteiger partial charge in [-0.3, -0.25) is 0 Å². The van der Waals surface area contributed by atoms with E-state index in [1.54, 1.807) is 0 Å². The second-order valence-corrected chi connectivity index (χ2v) is 18.1. The maximum atomic E-state index is 3.66. The highest BCUT2D eigenvalue weighted by Gasteiger charge is 2.52. The minimum Gasteiger partial charge on any atom is -0.356 e. The topological polar surface area (TPSA) is 20.2 Å². The number of benzene rings is 11. The molecule has 3 heteroatoms. The molecule has 14 rings (SSSR count). The van der Waals surface area contributed by atoms with E-state index in [1.165, 1.54) is 88.3 Å². The first-order chi connectivity index (χ1) is 33.8. The molecule has 2 heterocycles. The van der Waals surface area contributed by atoms with Crippen LogP contribution in [0, 0.1) is 0 Å². The maximum Gasteiger partial charge on any atom is 0.0754 e. The van der Waals surface area contributed by atoms with E-state index in [4.69, 9.17) is 0 Å². The first-order valence-corrected chi connectivity index (χ1v) is 23.5. The Morgan fingerprint density at radius 2 is 0.985 bits per heavy atom. The molecule has 0 fully saturated rings. The van der Waals surface area contributed by atoms with Crippen molar-refractivity contribution >= 4 is 61.0 Å². The standard InChI is InChI=1S/C65H43N3/c1-3-22-46(23-4-1)66-47-24-15-21-45(41-47)50-30-16-34-57-62(50)55-29-9-12-33-56(55)65(57)58-35-17-31-53(63(58)68-61-38-14-11-28-52(61)54-32-18-36-59(65)64(54)68)51-27-10-13-37-60(51)67(48-25-5-2-6-26-48)49-40-39-43-19-7-8-20-44(43)42-49/h1-42,66H. The molecule has 1 spiro atoms. The predicted molar refractivity (Wildman–Crippen MR) is 284 cm³/mol. The van der Waals surface area contributed by atoms with Crippen LogP contribution in [0.2, 0.25) is 0 Å². The molecule has 0 saturated heterocycles. The van der Waals surface area contributed by atoms with E-state index in [2.05, 4.69) is 270 Å². The fourth-order valence-electron chi connectivity index (χ4n) is 11.8. The lowest BCUT2D eigenvalue weighted by Crippen LogP contribution is -2.33. The summed E-state index contributed by atoms with van der Waals surface area (Å²) in [6, 6.07) is 93.9. The van der Waals surface area contributed by atoms with E-state index in [0.717, 1.165) is 34.0 Å². The molecule has 11 aromatic carbocycles. The van der Waals surface area contributed by atoms with E-state index in [9.17, 15) is 0 Å². The Bertz CT molecular complexity index is 3960. The molecule has 1 aromatic heterocycles. The van der Waals surface area contributed by atoms with Gasteiger partial charge in [0, 0.05) is 44.6 Å². The minimum absolute atomic E-state index is 0.635. The number of nitrogens with one attached hydrogen (secondary N) is 1. The molecule has 1 atom stereocenters. The van der Waals surface area contributed by atoms with Crippen LogP contribution in [0.5, 0.6) is 0 Å². The lowest BCUT2D eigenvalue weighted by molar-refractivity contribution is 0.749. The van der Waals surface area contributed by atoms with Crippen molar-refractivity contribution in [3.05, 3.63) is 277 Å². The fourth-order valence-corrected chi connectivity index (χ4v) is 11.8. The van der Waals surface area contributed by atoms with Gasteiger partial charge in [0.1, 0.15) is 0 Å². The van der Waals surface area contributed by atoms with Crippen molar-refractivity contribution in [1.29, 1.82) is 0 Å². The summed E-state index contributed by atoms with van der Waals surface area (Å²) in [5.74, 6) is 0. The van der Waals surface area contributed by atoms with Gasteiger partial charge in [-0.1, -0.05) is 194 Å². The highest BCUT2D eigenvalue weighted by molar-refractivity contribution is 6.14. The van der Waals surface area contributed by atoms with Crippen LogP contribution in [0.4, 0.5) is 28.4 Å². The van der Waals surface area contributed by atoms with Crippen LogP contribution in [0.15, 0.2) is 255 Å². The van der Waals surface area contributed by atoms with Crippen LogP contribution >= 0.6 is 0 Å². The summed E-state index contributed by atoms with van der Waals surface area (Å²) in [6.45, 7) is 0. The zero-order valence-corrected chi connectivity index (χ0v) is 37.1. The number of para-hydroxylation sites is 6. The van der Waals surface area contributed by atoms with Gasteiger partial charge in [-0.05, 0) is 116 Å². The second-order valence-electron chi connectivity index (χ2n) is 18.1. The van der Waals surface area contributed by atoms with Gasteiger partial charge in [0.15, 0.2) is 0 Å². The summed E-state index contributed by atoms with van der Waals surface area (Å²) >= 11 is 0. The molecular formula is C65H43N3. The Kier molecular flexibility index (Phi) is 8.50. The van der Waals surface area contributed by atoms with Crippen molar-refractivity contribution < 1.29 is 0 Å². The number of fused-ring (bicyclic) bond motifs is 13. The van der Waals surface area contributed by atoms with Crippen LogP contribution in [-0.4, -0.2) is 4.57 Å². The molecular weight excluding hydrogens is 823 g/mol. The van der Waals surface area contributed by atoms with Crippen LogP contribution in [0.3, 0.4) is 0 Å². The molecule has 0 radical (unpaired) electrons. The minimum atomic E-state index is -0.635. The summed E-state index contributed by atoms with van der Waals surface area (Å²) in [7, 11) is 0. The Labute approximate surface area is 395 Å². The number of nitrogens with zero attached hydrogens (tertiary/aromatic N) is 2. The van der Waals surface area contributed by atoms with Crippen LogP contribution in [-0.2, 0) is 5.41 Å². The maximum absolute atomic E-state index is 3.66. The number of anilines is 5. The number of aromatic nitrogens is 1. The highest BCUT2D eigenvalue weighted by atomic mass is 15.1. The lowest BCUT2D eigenvalue weighted by Gasteiger charge is -2.40. The van der Waals surface area contributed by atoms with Gasteiger partial charge in [0.2, 0.25) is 0 Å². The zero-order chi connectivity index (χ0) is 44.8. The van der Waals surface area contributed by atoms with Crippen LogP contribution < -0.4 is 10.2 Å². The molecule has 0 saturated carbocycles. The molecule has 1 N–H and O–H groups in total. The fraction of sp³-hybridized carbons (Fsp3) is 0.0154. The number of hydrogen-bond acceptors (Lipinski definition) is 2. The highest BCUT2D eigenvalue weighted by Crippen LogP contribution is 2.63. The molecule has 3 nitrogen and oxygen atoms in total. The van der Waals surface area contributed by atoms with Gasteiger partial charge < -0.3 is 14.8 Å². The molecule has 0 amide bonds. The quantitative estimate of drug-likeness (QED) is 0.172. The van der Waals surface area contributed by atoms with Gasteiger partial charge in [0.05, 0.1) is 27.8 Å². The van der Waals surface area contributed by atoms with Crippen LogP contribution in [0.1, 0.15) is 22.3 Å². The smallest absolute Gasteiger partial charge is 0.0754 e. The molecule has 68 heavy (non-hydrogen) atoms. The van der Waals surface area contributed by atoms with Gasteiger partial charge in [-0.15, -0.1) is 0 Å². The molecule has 1 aliphatic carbocycles. The van der Waals surface area contributed by atoms with Crippen molar-refractivity contribution in [2.75, 3.05) is 10.2 Å². The Hall–Kier alpha value is -8.92. The van der Waals surface area contributed by atoms with E-state index >= 15 is 0 Å². The number of hydrogen-bond donors (Lipinski definition) is 1. The molecule has 1 aliphatic heterocycles. The third kappa shape index (κ3) is 5.54. The molecule has 12 aromatic rings. The van der Waals surface area contributed by atoms with Crippen molar-refractivity contribution in [2.24, 2.45) is 0 Å². The van der Waals surface area contributed by atoms with E-state index in [1.807, 2.05) is 0 Å². The average molecular weight is 866 g/mol. The summed E-state index contributed by atoms with van der Waals surface area (Å²) < 4.78 is 2.60. The Morgan fingerprint density at radius 1 is 0.368 bits per heavy atom. The van der Waals surface area contributed by atoms with E-state index < -0.39 is 5.41 Å². The number of rotatable bonds is 7. The first kappa shape index (κ1) is 38.4. The van der Waals surface area contributed by atoms with Gasteiger partial charge in [0.25, 0.3) is 0 Å². The zero-order valence-electron chi connectivity index (χ0n) is 37.1. The van der Waals surface area contributed by atoms with E-state index in [0.29, 0.717) is 0 Å². The van der Waals surface area contributed by atoms with Gasteiger partial charge in [-0.25, -0.2) is 0 Å². The largest absolute Gasteiger partial charge is 0.356 e. The van der Waals surface area contributed by atoms with Crippen molar-refractivity contribution in [2.45, 2.75) is 5.41 Å². The predicted octanol–water partition coefficient (Wildman–Crippen LogP) is 17.2. The molecule has 1 unspecified atom stereocenters. The van der Waals surface area contributed by atoms with Crippen molar-refractivity contribution in [3.63, 3.8) is 0 Å². The molecule has 318 valence electrons.